The molecule has 2 atom stereocenters. The first-order chi connectivity index (χ1) is 10.3. The molecule has 0 aromatic carbocycles. The maximum Gasteiger partial charge on any atom is 0.233 e. The van der Waals surface area contributed by atoms with Crippen LogP contribution in [0.3, 0.4) is 0 Å². The molecule has 22 heavy (non-hydrogen) atoms. The fourth-order valence-electron chi connectivity index (χ4n) is 2.55. The van der Waals surface area contributed by atoms with Crippen LogP contribution in [-0.2, 0) is 21.7 Å². The van der Waals surface area contributed by atoms with Crippen LogP contribution in [0.25, 0.3) is 0 Å². The third kappa shape index (κ3) is 3.97. The molecule has 2 unspecified atom stereocenters. The second kappa shape index (κ2) is 6.95. The Morgan fingerprint density at radius 2 is 2.27 bits per heavy atom. The summed E-state index contributed by atoms with van der Waals surface area (Å²) in [6.45, 7) is 3.95. The third-order valence-corrected chi connectivity index (χ3v) is 6.61. The molecule has 8 nitrogen and oxygen atoms in total. The second-order valence-corrected chi connectivity index (χ2v) is 8.66. The fraction of sp³-hybridized carbons (Fsp3) is 0.833. The van der Waals surface area contributed by atoms with Crippen LogP contribution in [0.5, 0.6) is 0 Å². The molecule has 1 aromatic rings. The van der Waals surface area contributed by atoms with E-state index in [0.717, 1.165) is 6.42 Å². The summed E-state index contributed by atoms with van der Waals surface area (Å²) >= 11 is 1.26. The van der Waals surface area contributed by atoms with Gasteiger partial charge in [0.05, 0.1) is 17.3 Å². The van der Waals surface area contributed by atoms with Gasteiger partial charge in [-0.05, 0) is 30.2 Å². The summed E-state index contributed by atoms with van der Waals surface area (Å²) in [6, 6.07) is -0.199. The normalized spacial score (nSPS) is 21.7. The molecule has 0 radical (unpaired) electrons. The number of nitrogens with zero attached hydrogens (tertiary/aromatic N) is 5. The monoisotopic (exact) mass is 347 g/mol. The molecular weight excluding hydrogens is 326 g/mol. The van der Waals surface area contributed by atoms with Gasteiger partial charge >= 0.3 is 0 Å². The Morgan fingerprint density at radius 1 is 1.55 bits per heavy atom. The number of aromatic nitrogens is 4. The first kappa shape index (κ1) is 17.2. The lowest BCUT2D eigenvalue weighted by molar-refractivity contribution is -0.132. The van der Waals surface area contributed by atoms with E-state index in [-0.39, 0.29) is 35.2 Å². The van der Waals surface area contributed by atoms with Crippen molar-refractivity contribution >= 4 is 27.5 Å². The minimum Gasteiger partial charge on any atom is -0.335 e. The number of aryl methyl sites for hydroxylation is 1. The zero-order valence-corrected chi connectivity index (χ0v) is 14.6. The van der Waals surface area contributed by atoms with Gasteiger partial charge in [-0.1, -0.05) is 18.7 Å². The number of rotatable bonds is 6. The van der Waals surface area contributed by atoms with Gasteiger partial charge in [0.15, 0.2) is 9.84 Å². The maximum atomic E-state index is 12.6. The van der Waals surface area contributed by atoms with Crippen molar-refractivity contribution in [2.45, 2.75) is 43.9 Å². The number of hydrogen-bond acceptors (Lipinski definition) is 7. The largest absolute Gasteiger partial charge is 0.335 e. The second-order valence-electron chi connectivity index (χ2n) is 5.49. The molecule has 2 heterocycles. The Morgan fingerprint density at radius 3 is 2.77 bits per heavy atom. The van der Waals surface area contributed by atoms with Gasteiger partial charge in [0, 0.05) is 19.1 Å². The van der Waals surface area contributed by atoms with E-state index in [1.54, 1.807) is 11.9 Å². The Hall–Kier alpha value is -1.16. The Balaban J connectivity index is 2.05. The van der Waals surface area contributed by atoms with E-state index < -0.39 is 9.84 Å². The molecule has 2 rings (SSSR count). The maximum absolute atomic E-state index is 12.6. The van der Waals surface area contributed by atoms with Crippen LogP contribution >= 0.6 is 11.8 Å². The number of sulfone groups is 1. The molecule has 0 aliphatic carbocycles. The van der Waals surface area contributed by atoms with Crippen LogP contribution in [0, 0.1) is 0 Å². The molecule has 1 aliphatic heterocycles. The van der Waals surface area contributed by atoms with E-state index in [9.17, 15) is 13.2 Å². The smallest absolute Gasteiger partial charge is 0.233 e. The molecule has 0 N–H and O–H groups in total. The van der Waals surface area contributed by atoms with Gasteiger partial charge < -0.3 is 4.90 Å². The summed E-state index contributed by atoms with van der Waals surface area (Å²) in [6.07, 6.45) is 1.31. The van der Waals surface area contributed by atoms with Gasteiger partial charge in [0.25, 0.3) is 0 Å². The fourth-order valence-corrected chi connectivity index (χ4v) is 4.98. The molecule has 10 heteroatoms. The van der Waals surface area contributed by atoms with Crippen molar-refractivity contribution in [1.82, 2.24) is 25.1 Å². The van der Waals surface area contributed by atoms with Gasteiger partial charge in [-0.25, -0.2) is 13.1 Å². The molecule has 1 amide bonds. The van der Waals surface area contributed by atoms with Gasteiger partial charge in [-0.2, -0.15) is 0 Å². The van der Waals surface area contributed by atoms with Crippen LogP contribution in [0.2, 0.25) is 0 Å². The lowest BCUT2D eigenvalue weighted by atomic mass is 10.1. The van der Waals surface area contributed by atoms with Gasteiger partial charge in [0.1, 0.15) is 0 Å². The van der Waals surface area contributed by atoms with Gasteiger partial charge in [0.2, 0.25) is 11.1 Å². The van der Waals surface area contributed by atoms with E-state index in [0.29, 0.717) is 11.6 Å². The standard InChI is InChI=1S/C12H21N5O3S2/c1-4-9(2)17(10-5-6-22(19,20)8-10)11(18)7-21-12-13-14-15-16(12)3/h9-10H,4-8H2,1-3H3. The van der Waals surface area contributed by atoms with E-state index >= 15 is 0 Å². The molecule has 1 saturated heterocycles. The summed E-state index contributed by atoms with van der Waals surface area (Å²) in [7, 11) is -1.31. The van der Waals surface area contributed by atoms with Crippen LogP contribution in [0.4, 0.5) is 0 Å². The van der Waals surface area contributed by atoms with Crippen LogP contribution < -0.4 is 0 Å². The number of amides is 1. The lowest BCUT2D eigenvalue weighted by Gasteiger charge is -2.33. The van der Waals surface area contributed by atoms with Crippen molar-refractivity contribution in [3.05, 3.63) is 0 Å². The van der Waals surface area contributed by atoms with E-state index in [1.807, 2.05) is 13.8 Å². The van der Waals surface area contributed by atoms with Crippen LogP contribution in [0.15, 0.2) is 5.16 Å². The van der Waals surface area contributed by atoms with Crippen molar-refractivity contribution in [3.8, 4) is 0 Å². The Kier molecular flexibility index (Phi) is 5.43. The predicted octanol–water partition coefficient (Wildman–Crippen LogP) is 0.116. The first-order valence-electron chi connectivity index (χ1n) is 7.20. The quantitative estimate of drug-likeness (QED) is 0.674. The van der Waals surface area contributed by atoms with Crippen molar-refractivity contribution in [3.63, 3.8) is 0 Å². The van der Waals surface area contributed by atoms with E-state index in [4.69, 9.17) is 0 Å². The molecule has 0 spiro atoms. The summed E-state index contributed by atoms with van der Waals surface area (Å²) in [4.78, 5) is 14.3. The minimum absolute atomic E-state index is 0.0176. The van der Waals surface area contributed by atoms with Crippen molar-refractivity contribution in [2.24, 2.45) is 7.05 Å². The van der Waals surface area contributed by atoms with Crippen molar-refractivity contribution < 1.29 is 13.2 Å². The topological polar surface area (TPSA) is 98.1 Å². The number of carbonyl (C=O) groups excluding carboxylic acids is 1. The van der Waals surface area contributed by atoms with Crippen molar-refractivity contribution in [1.29, 1.82) is 0 Å². The number of tetrazole rings is 1. The zero-order valence-electron chi connectivity index (χ0n) is 13.0. The molecule has 1 aliphatic rings. The Labute approximate surface area is 134 Å². The SMILES string of the molecule is CCC(C)N(C(=O)CSc1nnnn1C)C1CCS(=O)(=O)C1. The Bertz CT molecular complexity index is 630. The first-order valence-corrected chi connectivity index (χ1v) is 10.0. The van der Waals surface area contributed by atoms with Crippen LogP contribution in [0.1, 0.15) is 26.7 Å². The number of thioether (sulfide) groups is 1. The molecule has 1 aromatic heterocycles. The van der Waals surface area contributed by atoms with Gasteiger partial charge in [-0.3, -0.25) is 4.79 Å². The lowest BCUT2D eigenvalue weighted by Crippen LogP contribution is -2.47. The van der Waals surface area contributed by atoms with Crippen LogP contribution in [-0.4, -0.2) is 68.8 Å². The summed E-state index contributed by atoms with van der Waals surface area (Å²) in [5.41, 5.74) is 0. The highest BCUT2D eigenvalue weighted by molar-refractivity contribution is 7.99. The molecular formula is C12H21N5O3S2. The average Bonchev–Trinajstić information content (AvgIpc) is 3.02. The highest BCUT2D eigenvalue weighted by Gasteiger charge is 2.36. The molecule has 1 fully saturated rings. The average molecular weight is 347 g/mol. The summed E-state index contributed by atoms with van der Waals surface area (Å²) < 4.78 is 24.9. The molecule has 0 saturated carbocycles. The zero-order chi connectivity index (χ0) is 16.3. The van der Waals surface area contributed by atoms with Gasteiger partial charge in [-0.15, -0.1) is 5.10 Å². The van der Waals surface area contributed by atoms with Crippen molar-refractivity contribution in [2.75, 3.05) is 17.3 Å². The minimum atomic E-state index is -3.02. The summed E-state index contributed by atoms with van der Waals surface area (Å²) in [5, 5.41) is 11.6. The highest BCUT2D eigenvalue weighted by Crippen LogP contribution is 2.23. The molecule has 124 valence electrons. The molecule has 0 bridgehead atoms. The predicted molar refractivity (Wildman–Crippen MR) is 83.2 cm³/mol. The third-order valence-electron chi connectivity index (χ3n) is 3.86. The summed E-state index contributed by atoms with van der Waals surface area (Å²) in [5.74, 6) is 0.372. The number of hydrogen-bond donors (Lipinski definition) is 0. The number of carbonyl (C=O) groups is 1. The highest BCUT2D eigenvalue weighted by atomic mass is 32.2. The van der Waals surface area contributed by atoms with E-state index in [1.165, 1.54) is 16.4 Å². The van der Waals surface area contributed by atoms with E-state index in [2.05, 4.69) is 15.5 Å².